The largest absolute Gasteiger partial charge is 0.466 e. The van der Waals surface area contributed by atoms with E-state index in [9.17, 15) is 18.0 Å². The molecule has 0 radical (unpaired) electrons. The minimum Gasteiger partial charge on any atom is -0.466 e. The van der Waals surface area contributed by atoms with Crippen LogP contribution in [0.1, 0.15) is 11.1 Å². The van der Waals surface area contributed by atoms with Crippen LogP contribution in [-0.4, -0.2) is 13.1 Å². The predicted octanol–water partition coefficient (Wildman–Crippen LogP) is 2.89. The average molecular weight is 230 g/mol. The Balaban J connectivity index is 2.80. The van der Waals surface area contributed by atoms with Gasteiger partial charge in [-0.25, -0.2) is 4.79 Å². The molecule has 0 saturated carbocycles. The zero-order valence-corrected chi connectivity index (χ0v) is 8.41. The van der Waals surface area contributed by atoms with E-state index in [-0.39, 0.29) is 0 Å². The van der Waals surface area contributed by atoms with Gasteiger partial charge in [-0.1, -0.05) is 12.1 Å². The molecule has 0 aromatic heterocycles. The highest BCUT2D eigenvalue weighted by molar-refractivity contribution is 5.86. The van der Waals surface area contributed by atoms with Gasteiger partial charge >= 0.3 is 12.1 Å². The minimum atomic E-state index is -4.34. The van der Waals surface area contributed by atoms with Gasteiger partial charge in [-0.05, 0) is 23.8 Å². The topological polar surface area (TPSA) is 26.3 Å². The van der Waals surface area contributed by atoms with Crippen LogP contribution in [0.2, 0.25) is 0 Å². The molecule has 1 aromatic carbocycles. The number of rotatable bonds is 2. The van der Waals surface area contributed by atoms with Crippen molar-refractivity contribution in [3.63, 3.8) is 0 Å². The second kappa shape index (κ2) is 4.83. The molecule has 0 bridgehead atoms. The van der Waals surface area contributed by atoms with Crippen molar-refractivity contribution in [3.05, 3.63) is 41.5 Å². The number of carbonyl (C=O) groups excluding carboxylic acids is 1. The molecule has 0 aliphatic carbocycles. The molecule has 0 amide bonds. The lowest BCUT2D eigenvalue weighted by atomic mass is 10.1. The zero-order valence-electron chi connectivity index (χ0n) is 8.41. The summed E-state index contributed by atoms with van der Waals surface area (Å²) in [7, 11) is 1.22. The van der Waals surface area contributed by atoms with Crippen LogP contribution in [-0.2, 0) is 15.7 Å². The van der Waals surface area contributed by atoms with E-state index in [1.165, 1.54) is 25.3 Å². The summed E-state index contributed by atoms with van der Waals surface area (Å²) >= 11 is 0. The van der Waals surface area contributed by atoms with Crippen molar-refractivity contribution in [1.29, 1.82) is 0 Å². The Labute approximate surface area is 90.3 Å². The molecule has 0 N–H and O–H groups in total. The van der Waals surface area contributed by atoms with Gasteiger partial charge in [-0.2, -0.15) is 13.2 Å². The van der Waals surface area contributed by atoms with E-state index in [0.717, 1.165) is 18.2 Å². The van der Waals surface area contributed by atoms with E-state index in [4.69, 9.17) is 0 Å². The van der Waals surface area contributed by atoms with E-state index in [1.807, 2.05) is 0 Å². The van der Waals surface area contributed by atoms with Crippen molar-refractivity contribution in [2.75, 3.05) is 7.11 Å². The van der Waals surface area contributed by atoms with Crippen LogP contribution in [0.25, 0.3) is 6.08 Å². The first-order chi connectivity index (χ1) is 7.43. The van der Waals surface area contributed by atoms with Gasteiger partial charge in [0.2, 0.25) is 0 Å². The highest BCUT2D eigenvalue weighted by atomic mass is 19.4. The minimum absolute atomic E-state index is 0.499. The Bertz CT molecular complexity index is 391. The maximum Gasteiger partial charge on any atom is 0.416 e. The summed E-state index contributed by atoms with van der Waals surface area (Å²) in [6, 6.07) is 4.47. The van der Waals surface area contributed by atoms with Crippen molar-refractivity contribution >= 4 is 12.0 Å². The number of esters is 1. The van der Waals surface area contributed by atoms with Gasteiger partial charge < -0.3 is 4.74 Å². The average Bonchev–Trinajstić information content (AvgIpc) is 2.25. The lowest BCUT2D eigenvalue weighted by Crippen LogP contribution is -2.04. The fourth-order valence-electron chi connectivity index (χ4n) is 1.02. The summed E-state index contributed by atoms with van der Waals surface area (Å²) < 4.78 is 40.9. The lowest BCUT2D eigenvalue weighted by molar-refractivity contribution is -0.137. The van der Waals surface area contributed by atoms with Gasteiger partial charge in [0.05, 0.1) is 12.7 Å². The van der Waals surface area contributed by atoms with Gasteiger partial charge in [0, 0.05) is 6.08 Å². The number of benzene rings is 1. The first-order valence-electron chi connectivity index (χ1n) is 4.37. The molecule has 0 aliphatic rings. The summed E-state index contributed by atoms with van der Waals surface area (Å²) in [4.78, 5) is 10.7. The monoisotopic (exact) mass is 230 g/mol. The summed E-state index contributed by atoms with van der Waals surface area (Å²) in [5.41, 5.74) is -0.221. The molecule has 2 nitrogen and oxygen atoms in total. The van der Waals surface area contributed by atoms with E-state index in [2.05, 4.69) is 4.74 Å². The number of carbonyl (C=O) groups is 1. The highest BCUT2D eigenvalue weighted by Crippen LogP contribution is 2.29. The lowest BCUT2D eigenvalue weighted by Gasteiger charge is -2.05. The number of halogens is 3. The quantitative estimate of drug-likeness (QED) is 0.576. The smallest absolute Gasteiger partial charge is 0.416 e. The first kappa shape index (κ1) is 12.3. The maximum atomic E-state index is 12.2. The predicted molar refractivity (Wildman–Crippen MR) is 52.5 cm³/mol. The highest BCUT2D eigenvalue weighted by Gasteiger charge is 2.29. The summed E-state index contributed by atoms with van der Waals surface area (Å²) in [6.45, 7) is 0. The van der Waals surface area contributed by atoms with Crippen molar-refractivity contribution in [3.8, 4) is 0 Å². The molecule has 0 fully saturated rings. The van der Waals surface area contributed by atoms with Gasteiger partial charge in [-0.3, -0.25) is 0 Å². The number of hydrogen-bond acceptors (Lipinski definition) is 2. The molecule has 0 spiro atoms. The third kappa shape index (κ3) is 3.42. The van der Waals surface area contributed by atoms with E-state index >= 15 is 0 Å². The van der Waals surface area contributed by atoms with Gasteiger partial charge in [-0.15, -0.1) is 0 Å². The summed E-state index contributed by atoms with van der Waals surface area (Å²) in [5.74, 6) is -0.556. The maximum absolute atomic E-state index is 12.2. The van der Waals surface area contributed by atoms with Gasteiger partial charge in [0.1, 0.15) is 0 Å². The van der Waals surface area contributed by atoms with Gasteiger partial charge in [0.15, 0.2) is 0 Å². The second-order valence-electron chi connectivity index (χ2n) is 2.98. The Morgan fingerprint density at radius 1 is 1.25 bits per heavy atom. The Morgan fingerprint density at radius 2 is 1.81 bits per heavy atom. The van der Waals surface area contributed by atoms with Crippen LogP contribution in [0, 0.1) is 0 Å². The van der Waals surface area contributed by atoms with Crippen molar-refractivity contribution in [2.45, 2.75) is 6.18 Å². The van der Waals surface area contributed by atoms with Crippen LogP contribution >= 0.6 is 0 Å². The molecule has 86 valence electrons. The van der Waals surface area contributed by atoms with Crippen molar-refractivity contribution in [1.82, 2.24) is 0 Å². The molecule has 0 unspecified atom stereocenters. The normalized spacial score (nSPS) is 11.8. The fraction of sp³-hybridized carbons (Fsp3) is 0.182. The fourth-order valence-corrected chi connectivity index (χ4v) is 1.02. The molecule has 16 heavy (non-hydrogen) atoms. The Kier molecular flexibility index (Phi) is 3.71. The molecular weight excluding hydrogens is 221 g/mol. The molecule has 0 saturated heterocycles. The second-order valence-corrected chi connectivity index (χ2v) is 2.98. The third-order valence-electron chi connectivity index (χ3n) is 1.85. The molecular formula is C11H9F3O2. The summed E-state index contributed by atoms with van der Waals surface area (Å²) in [5, 5.41) is 0. The summed E-state index contributed by atoms with van der Waals surface area (Å²) in [6.07, 6.45) is -1.82. The number of methoxy groups -OCH3 is 1. The molecule has 0 atom stereocenters. The number of hydrogen-bond donors (Lipinski definition) is 0. The van der Waals surface area contributed by atoms with Crippen LogP contribution < -0.4 is 0 Å². The van der Waals surface area contributed by atoms with Crippen LogP contribution in [0.5, 0.6) is 0 Å². The molecule has 0 heterocycles. The molecule has 0 aliphatic heterocycles. The van der Waals surface area contributed by atoms with E-state index in [1.54, 1.807) is 0 Å². The van der Waals surface area contributed by atoms with Crippen molar-refractivity contribution in [2.24, 2.45) is 0 Å². The Morgan fingerprint density at radius 3 is 2.25 bits per heavy atom. The molecule has 5 heteroatoms. The zero-order chi connectivity index (χ0) is 12.2. The van der Waals surface area contributed by atoms with E-state index < -0.39 is 17.7 Å². The van der Waals surface area contributed by atoms with E-state index in [0.29, 0.717) is 5.56 Å². The standard InChI is InChI=1S/C11H9F3O2/c1-16-10(15)7-4-8-2-5-9(6-3-8)11(12,13)14/h2-7H,1H3/b7-4+. The molecule has 1 aromatic rings. The van der Waals surface area contributed by atoms with Crippen LogP contribution in [0.15, 0.2) is 30.3 Å². The Hall–Kier alpha value is -1.78. The third-order valence-corrected chi connectivity index (χ3v) is 1.85. The van der Waals surface area contributed by atoms with Crippen LogP contribution in [0.4, 0.5) is 13.2 Å². The van der Waals surface area contributed by atoms with Gasteiger partial charge in [0.25, 0.3) is 0 Å². The number of alkyl halides is 3. The molecule has 1 rings (SSSR count). The SMILES string of the molecule is COC(=O)/C=C/c1ccc(C(F)(F)F)cc1. The first-order valence-corrected chi connectivity index (χ1v) is 4.37. The van der Waals surface area contributed by atoms with Crippen LogP contribution in [0.3, 0.4) is 0 Å². The number of ether oxygens (including phenoxy) is 1. The van der Waals surface area contributed by atoms with Crippen molar-refractivity contribution < 1.29 is 22.7 Å².